The topological polar surface area (TPSA) is 121 Å². The van der Waals surface area contributed by atoms with E-state index in [0.717, 1.165) is 0 Å². The molecular weight excluding hydrogens is 521 g/mol. The third-order valence-corrected chi connectivity index (χ3v) is 7.77. The van der Waals surface area contributed by atoms with Gasteiger partial charge in [0, 0.05) is 16.3 Å². The number of anilines is 1. The minimum atomic E-state index is -4.15. The second-order valence-corrected chi connectivity index (χ2v) is 10.8. The molecule has 0 saturated carbocycles. The van der Waals surface area contributed by atoms with Gasteiger partial charge in [-0.1, -0.05) is 53.0 Å². The zero-order chi connectivity index (χ0) is 23.5. The van der Waals surface area contributed by atoms with Crippen LogP contribution in [0.25, 0.3) is 0 Å². The number of nitrogens with one attached hydrogen (secondary N) is 3. The van der Waals surface area contributed by atoms with Gasteiger partial charge in [0.15, 0.2) is 0 Å². The Balaban J connectivity index is 1.70. The maximum atomic E-state index is 12.6. The van der Waals surface area contributed by atoms with E-state index in [2.05, 4.69) is 10.1 Å². The molecule has 0 aliphatic heterocycles. The summed E-state index contributed by atoms with van der Waals surface area (Å²) >= 11 is 17.7. The quantitative estimate of drug-likeness (QED) is 0.395. The van der Waals surface area contributed by atoms with Gasteiger partial charge in [-0.05, 0) is 48.5 Å². The smallest absolute Gasteiger partial charge is 0.266 e. The molecule has 0 radical (unpaired) electrons. The minimum Gasteiger partial charge on any atom is -0.280 e. The molecule has 1 amide bonds. The first-order valence-electron chi connectivity index (χ1n) is 8.64. The second kappa shape index (κ2) is 9.65. The summed E-state index contributed by atoms with van der Waals surface area (Å²) in [6.45, 7) is 0. The van der Waals surface area contributed by atoms with Gasteiger partial charge in [-0.3, -0.25) is 14.9 Å². The second-order valence-electron chi connectivity index (χ2n) is 6.25. The highest BCUT2D eigenvalue weighted by molar-refractivity contribution is 7.93. The van der Waals surface area contributed by atoms with Gasteiger partial charge in [-0.15, -0.1) is 4.83 Å². The molecule has 32 heavy (non-hydrogen) atoms. The SMILES string of the molecule is O=C(NNS(=O)(=O)c1ccccc1)c1ccc(NS(=O)(=O)c2c(Cl)cc(Cl)cc2Cl)cc1. The monoisotopic (exact) mass is 533 g/mol. The lowest BCUT2D eigenvalue weighted by Gasteiger charge is -2.12. The Morgan fingerprint density at radius 1 is 0.750 bits per heavy atom. The van der Waals surface area contributed by atoms with Gasteiger partial charge < -0.3 is 0 Å². The van der Waals surface area contributed by atoms with Crippen LogP contribution in [0.1, 0.15) is 10.4 Å². The number of sulfonamides is 2. The van der Waals surface area contributed by atoms with Crippen molar-refractivity contribution in [3.8, 4) is 0 Å². The van der Waals surface area contributed by atoms with E-state index in [-0.39, 0.29) is 36.1 Å². The van der Waals surface area contributed by atoms with E-state index in [1.807, 2.05) is 4.83 Å². The Morgan fingerprint density at radius 3 is 1.88 bits per heavy atom. The summed E-state index contributed by atoms with van der Waals surface area (Å²) in [6.07, 6.45) is 0. The lowest BCUT2D eigenvalue weighted by Crippen LogP contribution is -2.41. The molecule has 3 N–H and O–H groups in total. The number of hydrazine groups is 1. The molecule has 0 fully saturated rings. The summed E-state index contributed by atoms with van der Waals surface area (Å²) in [7, 11) is -8.09. The van der Waals surface area contributed by atoms with Gasteiger partial charge in [0.1, 0.15) is 4.90 Å². The normalized spacial score (nSPS) is 11.7. The molecule has 3 aromatic rings. The van der Waals surface area contributed by atoms with Gasteiger partial charge >= 0.3 is 0 Å². The van der Waals surface area contributed by atoms with Crippen LogP contribution in [0.2, 0.25) is 15.1 Å². The largest absolute Gasteiger partial charge is 0.280 e. The van der Waals surface area contributed by atoms with Crippen molar-refractivity contribution in [2.45, 2.75) is 9.79 Å². The van der Waals surface area contributed by atoms with Crippen LogP contribution in [0.15, 0.2) is 76.5 Å². The number of hydrogen-bond acceptors (Lipinski definition) is 5. The van der Waals surface area contributed by atoms with E-state index in [9.17, 15) is 21.6 Å². The molecule has 0 bridgehead atoms. The van der Waals surface area contributed by atoms with Crippen molar-refractivity contribution in [3.05, 3.63) is 87.4 Å². The van der Waals surface area contributed by atoms with E-state index < -0.39 is 26.0 Å². The Hall–Kier alpha value is -2.34. The highest BCUT2D eigenvalue weighted by atomic mass is 35.5. The van der Waals surface area contributed by atoms with Gasteiger partial charge in [-0.25, -0.2) is 16.8 Å². The van der Waals surface area contributed by atoms with Crippen LogP contribution >= 0.6 is 34.8 Å². The molecule has 0 unspecified atom stereocenters. The summed E-state index contributed by atoms with van der Waals surface area (Å²) in [5.41, 5.74) is 2.28. The average Bonchev–Trinajstić information content (AvgIpc) is 2.72. The van der Waals surface area contributed by atoms with Crippen molar-refractivity contribution < 1.29 is 21.6 Å². The number of hydrogen-bond donors (Lipinski definition) is 3. The van der Waals surface area contributed by atoms with Crippen molar-refractivity contribution in [2.24, 2.45) is 0 Å². The molecule has 13 heteroatoms. The van der Waals surface area contributed by atoms with Gasteiger partial charge in [-0.2, -0.15) is 0 Å². The van der Waals surface area contributed by atoms with Crippen molar-refractivity contribution in [1.82, 2.24) is 10.3 Å². The number of rotatable bonds is 7. The highest BCUT2D eigenvalue weighted by Gasteiger charge is 2.23. The van der Waals surface area contributed by atoms with Crippen LogP contribution in [-0.4, -0.2) is 22.7 Å². The van der Waals surface area contributed by atoms with Crippen molar-refractivity contribution in [1.29, 1.82) is 0 Å². The number of carbonyl (C=O) groups excluding carboxylic acids is 1. The third kappa shape index (κ3) is 5.71. The summed E-state index contributed by atoms with van der Waals surface area (Å²) in [5.74, 6) is -0.747. The molecule has 3 aromatic carbocycles. The van der Waals surface area contributed by atoms with E-state index in [1.165, 1.54) is 48.5 Å². The van der Waals surface area contributed by atoms with Crippen molar-refractivity contribution in [3.63, 3.8) is 0 Å². The average molecular weight is 535 g/mol. The van der Waals surface area contributed by atoms with Gasteiger partial charge in [0.2, 0.25) is 0 Å². The fourth-order valence-electron chi connectivity index (χ4n) is 2.53. The first kappa shape index (κ1) is 24.3. The lowest BCUT2D eigenvalue weighted by molar-refractivity contribution is 0.0945. The molecule has 0 atom stereocenters. The van der Waals surface area contributed by atoms with E-state index >= 15 is 0 Å². The fraction of sp³-hybridized carbons (Fsp3) is 0. The molecule has 0 saturated heterocycles. The molecule has 0 aliphatic rings. The number of halogens is 3. The Labute approximate surface area is 199 Å². The summed E-state index contributed by atoms with van der Waals surface area (Å²) < 4.78 is 51.9. The van der Waals surface area contributed by atoms with Crippen LogP contribution in [0, 0.1) is 0 Å². The molecule has 8 nitrogen and oxygen atoms in total. The third-order valence-electron chi connectivity index (χ3n) is 3.98. The van der Waals surface area contributed by atoms with Crippen molar-refractivity contribution >= 4 is 66.4 Å². The fourth-order valence-corrected chi connectivity index (χ4v) is 5.99. The Morgan fingerprint density at radius 2 is 1.31 bits per heavy atom. The summed E-state index contributed by atoms with van der Waals surface area (Å²) in [4.78, 5) is 13.9. The number of carbonyl (C=O) groups is 1. The van der Waals surface area contributed by atoms with E-state index in [4.69, 9.17) is 34.8 Å². The van der Waals surface area contributed by atoms with Crippen LogP contribution < -0.4 is 15.0 Å². The lowest BCUT2D eigenvalue weighted by atomic mass is 10.2. The first-order chi connectivity index (χ1) is 15.0. The maximum absolute atomic E-state index is 12.6. The molecule has 0 aromatic heterocycles. The zero-order valence-electron chi connectivity index (χ0n) is 15.8. The standard InChI is InChI=1S/C19H14Cl3N3O5S2/c20-13-10-16(21)18(17(22)11-13)32(29,30)24-14-8-6-12(7-9-14)19(26)23-25-31(27,28)15-4-2-1-3-5-15/h1-11,24-25H,(H,23,26). The van der Waals surface area contributed by atoms with Crippen LogP contribution in [-0.2, 0) is 20.0 Å². The summed E-state index contributed by atoms with van der Waals surface area (Å²) in [6, 6.07) is 15.2. The molecule has 168 valence electrons. The van der Waals surface area contributed by atoms with Crippen molar-refractivity contribution in [2.75, 3.05) is 4.72 Å². The zero-order valence-corrected chi connectivity index (χ0v) is 19.7. The molecule has 3 rings (SSSR count). The predicted octanol–water partition coefficient (Wildman–Crippen LogP) is 4.07. The van der Waals surface area contributed by atoms with Gasteiger partial charge in [0.25, 0.3) is 26.0 Å². The Kier molecular flexibility index (Phi) is 7.33. The number of amides is 1. The van der Waals surface area contributed by atoms with Gasteiger partial charge in [0.05, 0.1) is 14.9 Å². The molecule has 0 spiro atoms. The van der Waals surface area contributed by atoms with Crippen LogP contribution in [0.5, 0.6) is 0 Å². The molecular formula is C19H14Cl3N3O5S2. The first-order valence-corrected chi connectivity index (χ1v) is 12.7. The minimum absolute atomic E-state index is 0.0235. The maximum Gasteiger partial charge on any atom is 0.266 e. The number of benzene rings is 3. The summed E-state index contributed by atoms with van der Waals surface area (Å²) in [5, 5.41) is -0.134. The van der Waals surface area contributed by atoms with Crippen LogP contribution in [0.3, 0.4) is 0 Å². The molecule has 0 aliphatic carbocycles. The Bertz CT molecular complexity index is 1340. The highest BCUT2D eigenvalue weighted by Crippen LogP contribution is 2.33. The van der Waals surface area contributed by atoms with E-state index in [1.54, 1.807) is 18.2 Å². The molecule has 0 heterocycles. The predicted molar refractivity (Wildman–Crippen MR) is 123 cm³/mol. The van der Waals surface area contributed by atoms with Crippen LogP contribution in [0.4, 0.5) is 5.69 Å². The van der Waals surface area contributed by atoms with E-state index in [0.29, 0.717) is 0 Å².